The first kappa shape index (κ1) is 16.1. The number of benzene rings is 1. The summed E-state index contributed by atoms with van der Waals surface area (Å²) >= 11 is 1.71. The number of nitrogens with one attached hydrogen (secondary N) is 1. The zero-order valence-electron chi connectivity index (χ0n) is 12.0. The number of hydrogen-bond donors (Lipinski definition) is 2. The Bertz CT molecular complexity index is 391. The first-order valence-electron chi connectivity index (χ1n) is 6.73. The lowest BCUT2D eigenvalue weighted by Gasteiger charge is -2.28. The summed E-state index contributed by atoms with van der Waals surface area (Å²) in [5.41, 5.74) is 6.47. The molecule has 0 spiro atoms. The maximum atomic E-state index is 12.3. The molecule has 1 rings (SSSR count). The van der Waals surface area contributed by atoms with Gasteiger partial charge in [0.2, 0.25) is 5.91 Å². The highest BCUT2D eigenvalue weighted by Crippen LogP contribution is 2.25. The molecule has 0 atom stereocenters. The van der Waals surface area contributed by atoms with Crippen LogP contribution in [0.5, 0.6) is 0 Å². The number of rotatable bonds is 7. The van der Waals surface area contributed by atoms with Crippen molar-refractivity contribution < 1.29 is 4.79 Å². The lowest BCUT2D eigenvalue weighted by Crippen LogP contribution is -2.45. The van der Waals surface area contributed by atoms with E-state index < -0.39 is 5.41 Å². The van der Waals surface area contributed by atoms with Gasteiger partial charge in [0, 0.05) is 18.0 Å². The fourth-order valence-corrected chi connectivity index (χ4v) is 2.47. The lowest BCUT2D eigenvalue weighted by atomic mass is 9.81. The second-order valence-corrected chi connectivity index (χ2v) is 5.60. The van der Waals surface area contributed by atoms with E-state index in [1.54, 1.807) is 11.8 Å². The SMILES string of the molecule is CCC(CC)(CN)C(=O)NCc1ccc(SC)cc1. The van der Waals surface area contributed by atoms with Crippen LogP contribution in [0, 0.1) is 5.41 Å². The lowest BCUT2D eigenvalue weighted by molar-refractivity contribution is -0.131. The van der Waals surface area contributed by atoms with Gasteiger partial charge in [-0.25, -0.2) is 0 Å². The molecular weight excluding hydrogens is 256 g/mol. The highest BCUT2D eigenvalue weighted by molar-refractivity contribution is 7.98. The molecule has 3 N–H and O–H groups in total. The van der Waals surface area contributed by atoms with Crippen LogP contribution < -0.4 is 11.1 Å². The molecule has 106 valence electrons. The Hall–Kier alpha value is -1.00. The standard InChI is InChI=1S/C15H24N2OS/c1-4-15(5-2,11-16)14(18)17-10-12-6-8-13(19-3)9-7-12/h6-9H,4-5,10-11,16H2,1-3H3,(H,17,18). The minimum absolute atomic E-state index is 0.0638. The molecule has 0 aromatic heterocycles. The van der Waals surface area contributed by atoms with Crippen LogP contribution in [0.1, 0.15) is 32.3 Å². The van der Waals surface area contributed by atoms with E-state index in [0.29, 0.717) is 13.1 Å². The van der Waals surface area contributed by atoms with Crippen molar-refractivity contribution in [1.82, 2.24) is 5.32 Å². The zero-order valence-corrected chi connectivity index (χ0v) is 12.8. The fourth-order valence-electron chi connectivity index (χ4n) is 2.07. The van der Waals surface area contributed by atoms with E-state index in [9.17, 15) is 4.79 Å². The average Bonchev–Trinajstić information content (AvgIpc) is 2.48. The highest BCUT2D eigenvalue weighted by Gasteiger charge is 2.32. The van der Waals surface area contributed by atoms with Gasteiger partial charge in [0.25, 0.3) is 0 Å². The molecule has 0 fully saturated rings. The van der Waals surface area contributed by atoms with E-state index in [1.807, 2.05) is 26.0 Å². The molecule has 0 aliphatic carbocycles. The van der Waals surface area contributed by atoms with Crippen LogP contribution in [0.2, 0.25) is 0 Å². The van der Waals surface area contributed by atoms with E-state index >= 15 is 0 Å². The van der Waals surface area contributed by atoms with Crippen LogP contribution in [-0.4, -0.2) is 18.7 Å². The molecule has 19 heavy (non-hydrogen) atoms. The Morgan fingerprint density at radius 1 is 1.26 bits per heavy atom. The predicted octanol–water partition coefficient (Wildman–Crippen LogP) is 2.79. The predicted molar refractivity (Wildman–Crippen MR) is 82.1 cm³/mol. The molecule has 3 nitrogen and oxygen atoms in total. The second-order valence-electron chi connectivity index (χ2n) is 4.72. The molecule has 0 aliphatic heterocycles. The summed E-state index contributed by atoms with van der Waals surface area (Å²) in [7, 11) is 0. The number of nitrogens with two attached hydrogens (primary N) is 1. The Morgan fingerprint density at radius 2 is 1.84 bits per heavy atom. The summed E-state index contributed by atoms with van der Waals surface area (Å²) in [5, 5.41) is 3.00. The van der Waals surface area contributed by atoms with Crippen LogP contribution in [0.25, 0.3) is 0 Å². The smallest absolute Gasteiger partial charge is 0.227 e. The van der Waals surface area contributed by atoms with Crippen molar-refractivity contribution in [1.29, 1.82) is 0 Å². The third-order valence-corrected chi connectivity index (χ3v) is 4.58. The van der Waals surface area contributed by atoms with Gasteiger partial charge in [0.05, 0.1) is 5.41 Å². The van der Waals surface area contributed by atoms with E-state index in [1.165, 1.54) is 4.90 Å². The summed E-state index contributed by atoms with van der Waals surface area (Å²) < 4.78 is 0. The van der Waals surface area contributed by atoms with Crippen molar-refractivity contribution in [3.63, 3.8) is 0 Å². The van der Waals surface area contributed by atoms with E-state index in [2.05, 4.69) is 23.7 Å². The maximum absolute atomic E-state index is 12.3. The first-order valence-corrected chi connectivity index (χ1v) is 7.95. The van der Waals surface area contributed by atoms with Crippen molar-refractivity contribution in [3.8, 4) is 0 Å². The molecular formula is C15H24N2OS. The fraction of sp³-hybridized carbons (Fsp3) is 0.533. The average molecular weight is 280 g/mol. The topological polar surface area (TPSA) is 55.1 Å². The zero-order chi connectivity index (χ0) is 14.3. The Kier molecular flexibility index (Phi) is 6.38. The van der Waals surface area contributed by atoms with Gasteiger partial charge >= 0.3 is 0 Å². The minimum Gasteiger partial charge on any atom is -0.352 e. The molecule has 0 unspecified atom stereocenters. The van der Waals surface area contributed by atoms with Crippen LogP contribution >= 0.6 is 11.8 Å². The molecule has 0 radical (unpaired) electrons. The first-order chi connectivity index (χ1) is 9.11. The number of hydrogen-bond acceptors (Lipinski definition) is 3. The molecule has 0 bridgehead atoms. The number of carbonyl (C=O) groups excluding carboxylic acids is 1. The molecule has 1 amide bonds. The number of amides is 1. The second kappa shape index (κ2) is 7.56. The van der Waals surface area contributed by atoms with Crippen molar-refractivity contribution in [2.75, 3.05) is 12.8 Å². The van der Waals surface area contributed by atoms with Crippen molar-refractivity contribution >= 4 is 17.7 Å². The number of carbonyl (C=O) groups is 1. The van der Waals surface area contributed by atoms with Gasteiger partial charge in [-0.15, -0.1) is 11.8 Å². The minimum atomic E-state index is -0.417. The quantitative estimate of drug-likeness (QED) is 0.755. The Morgan fingerprint density at radius 3 is 2.26 bits per heavy atom. The normalized spacial score (nSPS) is 11.4. The molecule has 0 heterocycles. The summed E-state index contributed by atoms with van der Waals surface area (Å²) in [5.74, 6) is 0.0638. The Balaban J connectivity index is 2.62. The van der Waals surface area contributed by atoms with E-state index in [4.69, 9.17) is 5.73 Å². The van der Waals surface area contributed by atoms with Gasteiger partial charge in [-0.3, -0.25) is 4.79 Å². The molecule has 1 aromatic carbocycles. The van der Waals surface area contributed by atoms with Gasteiger partial charge in [-0.05, 0) is 36.8 Å². The van der Waals surface area contributed by atoms with E-state index in [0.717, 1.165) is 18.4 Å². The third kappa shape index (κ3) is 3.98. The summed E-state index contributed by atoms with van der Waals surface area (Å²) in [6.45, 7) is 5.00. The summed E-state index contributed by atoms with van der Waals surface area (Å²) in [4.78, 5) is 13.5. The van der Waals surface area contributed by atoms with Crippen molar-refractivity contribution in [2.24, 2.45) is 11.1 Å². The Labute approximate surface area is 120 Å². The van der Waals surface area contributed by atoms with Gasteiger partial charge in [-0.2, -0.15) is 0 Å². The van der Waals surface area contributed by atoms with Crippen LogP contribution in [0.15, 0.2) is 29.2 Å². The van der Waals surface area contributed by atoms with Crippen molar-refractivity contribution in [3.05, 3.63) is 29.8 Å². The monoisotopic (exact) mass is 280 g/mol. The van der Waals surface area contributed by atoms with Crippen molar-refractivity contribution in [2.45, 2.75) is 38.1 Å². The molecule has 0 saturated carbocycles. The van der Waals surface area contributed by atoms with Gasteiger partial charge < -0.3 is 11.1 Å². The number of thioether (sulfide) groups is 1. The maximum Gasteiger partial charge on any atom is 0.227 e. The highest BCUT2D eigenvalue weighted by atomic mass is 32.2. The summed E-state index contributed by atoms with van der Waals surface area (Å²) in [6, 6.07) is 8.24. The van der Waals surface area contributed by atoms with Crippen LogP contribution in [0.4, 0.5) is 0 Å². The third-order valence-electron chi connectivity index (χ3n) is 3.84. The van der Waals surface area contributed by atoms with Gasteiger partial charge in [0.15, 0.2) is 0 Å². The largest absolute Gasteiger partial charge is 0.352 e. The summed E-state index contributed by atoms with van der Waals surface area (Å²) in [6.07, 6.45) is 3.60. The molecule has 1 aromatic rings. The van der Waals surface area contributed by atoms with Gasteiger partial charge in [0.1, 0.15) is 0 Å². The molecule has 4 heteroatoms. The molecule has 0 aliphatic rings. The van der Waals surface area contributed by atoms with Gasteiger partial charge in [-0.1, -0.05) is 26.0 Å². The van der Waals surface area contributed by atoms with Crippen LogP contribution in [0.3, 0.4) is 0 Å². The van der Waals surface area contributed by atoms with Crippen LogP contribution in [-0.2, 0) is 11.3 Å². The molecule has 0 saturated heterocycles. The van der Waals surface area contributed by atoms with E-state index in [-0.39, 0.29) is 5.91 Å².